The van der Waals surface area contributed by atoms with Crippen LogP contribution < -0.4 is 10.1 Å². The first kappa shape index (κ1) is 16.0. The average Bonchev–Trinajstić information content (AvgIpc) is 2.45. The fraction of sp³-hybridized carbons (Fsp3) is 0.467. The summed E-state index contributed by atoms with van der Waals surface area (Å²) in [6.07, 6.45) is 0. The maximum Gasteiger partial charge on any atom is 0.323 e. The van der Waals surface area contributed by atoms with Crippen LogP contribution in [0.25, 0.3) is 0 Å². The first-order chi connectivity index (χ1) is 9.58. The second-order valence-electron chi connectivity index (χ2n) is 4.72. The zero-order valence-electron chi connectivity index (χ0n) is 12.1. The highest BCUT2D eigenvalue weighted by atomic mass is 16.5. The zero-order chi connectivity index (χ0) is 15.0. The summed E-state index contributed by atoms with van der Waals surface area (Å²) < 4.78 is 10.0. The van der Waals surface area contributed by atoms with E-state index >= 15 is 0 Å². The Morgan fingerprint density at radius 2 is 2.20 bits per heavy atom. The van der Waals surface area contributed by atoms with E-state index in [1.54, 1.807) is 6.07 Å². The summed E-state index contributed by atoms with van der Waals surface area (Å²) >= 11 is 0. The van der Waals surface area contributed by atoms with Gasteiger partial charge >= 0.3 is 5.97 Å². The van der Waals surface area contributed by atoms with Crippen molar-refractivity contribution in [3.8, 4) is 11.8 Å². The van der Waals surface area contributed by atoms with Gasteiger partial charge in [0.05, 0.1) is 7.11 Å². The number of benzene rings is 1. The van der Waals surface area contributed by atoms with Crippen molar-refractivity contribution in [2.45, 2.75) is 26.4 Å². The molecule has 1 rings (SSSR count). The number of rotatable bonds is 7. The number of ether oxygens (including phenoxy) is 2. The van der Waals surface area contributed by atoms with Crippen molar-refractivity contribution in [2.24, 2.45) is 5.92 Å². The van der Waals surface area contributed by atoms with Crippen molar-refractivity contribution in [3.05, 3.63) is 29.8 Å². The SMILES string of the molecule is COC(=O)C(NCc1cccc(OCC#N)c1)C(C)C. The van der Waals surface area contributed by atoms with E-state index in [-0.39, 0.29) is 24.5 Å². The highest BCUT2D eigenvalue weighted by Gasteiger charge is 2.21. The molecule has 0 aliphatic heterocycles. The third kappa shape index (κ3) is 4.90. The molecule has 0 saturated heterocycles. The second kappa shape index (κ2) is 8.18. The third-order valence-corrected chi connectivity index (χ3v) is 2.85. The maximum atomic E-state index is 11.6. The smallest absolute Gasteiger partial charge is 0.323 e. The molecule has 0 aromatic heterocycles. The molecule has 0 heterocycles. The van der Waals surface area contributed by atoms with Crippen LogP contribution in [-0.2, 0) is 16.1 Å². The number of esters is 1. The van der Waals surface area contributed by atoms with Crippen LogP contribution in [0.1, 0.15) is 19.4 Å². The highest BCUT2D eigenvalue weighted by Crippen LogP contribution is 2.14. The Morgan fingerprint density at radius 3 is 2.80 bits per heavy atom. The van der Waals surface area contributed by atoms with Gasteiger partial charge in [-0.1, -0.05) is 26.0 Å². The zero-order valence-corrected chi connectivity index (χ0v) is 12.1. The maximum absolute atomic E-state index is 11.6. The highest BCUT2D eigenvalue weighted by molar-refractivity contribution is 5.75. The van der Waals surface area contributed by atoms with E-state index in [9.17, 15) is 4.79 Å². The van der Waals surface area contributed by atoms with Gasteiger partial charge in [0.1, 0.15) is 17.9 Å². The van der Waals surface area contributed by atoms with Crippen molar-refractivity contribution in [1.29, 1.82) is 5.26 Å². The Kier molecular flexibility index (Phi) is 6.54. The van der Waals surface area contributed by atoms with E-state index in [2.05, 4.69) is 5.32 Å². The third-order valence-electron chi connectivity index (χ3n) is 2.85. The number of hydrogen-bond acceptors (Lipinski definition) is 5. The predicted octanol–water partition coefficient (Wildman–Crippen LogP) is 1.88. The van der Waals surface area contributed by atoms with Gasteiger partial charge in [-0.05, 0) is 23.6 Å². The van der Waals surface area contributed by atoms with E-state index in [1.165, 1.54) is 7.11 Å². The van der Waals surface area contributed by atoms with Crippen LogP contribution in [0, 0.1) is 17.2 Å². The molecule has 0 saturated carbocycles. The number of methoxy groups -OCH3 is 1. The summed E-state index contributed by atoms with van der Waals surface area (Å²) in [5, 5.41) is 11.7. The normalized spacial score (nSPS) is 11.8. The van der Waals surface area contributed by atoms with Gasteiger partial charge in [-0.15, -0.1) is 0 Å². The van der Waals surface area contributed by atoms with Gasteiger partial charge in [0.25, 0.3) is 0 Å². The van der Waals surface area contributed by atoms with Gasteiger partial charge in [0.2, 0.25) is 0 Å². The Bertz CT molecular complexity index is 480. The lowest BCUT2D eigenvalue weighted by atomic mass is 10.0. The Morgan fingerprint density at radius 1 is 1.45 bits per heavy atom. The Labute approximate surface area is 119 Å². The molecule has 0 aliphatic rings. The number of carbonyl (C=O) groups excluding carboxylic acids is 1. The van der Waals surface area contributed by atoms with Gasteiger partial charge in [0.15, 0.2) is 6.61 Å². The summed E-state index contributed by atoms with van der Waals surface area (Å²) in [7, 11) is 1.38. The van der Waals surface area contributed by atoms with Crippen LogP contribution in [0.4, 0.5) is 0 Å². The molecular weight excluding hydrogens is 256 g/mol. The average molecular weight is 276 g/mol. The van der Waals surface area contributed by atoms with E-state index < -0.39 is 0 Å². The quantitative estimate of drug-likeness (QED) is 0.770. The summed E-state index contributed by atoms with van der Waals surface area (Å²) in [5.74, 6) is 0.516. The molecule has 108 valence electrons. The standard InChI is InChI=1S/C15H20N2O3/c1-11(2)14(15(18)19-3)17-10-12-5-4-6-13(9-12)20-8-7-16/h4-6,9,11,14,17H,8,10H2,1-3H3. The van der Waals surface area contributed by atoms with Crippen molar-refractivity contribution < 1.29 is 14.3 Å². The van der Waals surface area contributed by atoms with Crippen molar-refractivity contribution >= 4 is 5.97 Å². The topological polar surface area (TPSA) is 71.3 Å². The minimum atomic E-state index is -0.344. The van der Waals surface area contributed by atoms with Crippen LogP contribution in [0.5, 0.6) is 5.75 Å². The summed E-state index contributed by atoms with van der Waals surface area (Å²) in [6, 6.07) is 9.00. The molecule has 1 N–H and O–H groups in total. The van der Waals surface area contributed by atoms with Crippen molar-refractivity contribution in [1.82, 2.24) is 5.32 Å². The summed E-state index contributed by atoms with van der Waals surface area (Å²) in [6.45, 7) is 4.47. The van der Waals surface area contributed by atoms with Gasteiger partial charge < -0.3 is 14.8 Å². The minimum Gasteiger partial charge on any atom is -0.479 e. The molecule has 0 spiro atoms. The number of hydrogen-bond donors (Lipinski definition) is 1. The monoisotopic (exact) mass is 276 g/mol. The lowest BCUT2D eigenvalue weighted by Gasteiger charge is -2.20. The van der Waals surface area contributed by atoms with Crippen LogP contribution in [-0.4, -0.2) is 25.7 Å². The summed E-state index contributed by atoms with van der Waals surface area (Å²) in [4.78, 5) is 11.6. The molecule has 5 heteroatoms. The fourth-order valence-corrected chi connectivity index (χ4v) is 1.81. The fourth-order valence-electron chi connectivity index (χ4n) is 1.81. The largest absolute Gasteiger partial charge is 0.479 e. The second-order valence-corrected chi connectivity index (χ2v) is 4.72. The summed E-state index contributed by atoms with van der Waals surface area (Å²) in [5.41, 5.74) is 0.981. The van der Waals surface area contributed by atoms with Crippen molar-refractivity contribution in [2.75, 3.05) is 13.7 Å². The molecular formula is C15H20N2O3. The van der Waals surface area contributed by atoms with E-state index in [4.69, 9.17) is 14.7 Å². The van der Waals surface area contributed by atoms with Crippen LogP contribution in [0.3, 0.4) is 0 Å². The molecule has 0 amide bonds. The molecule has 5 nitrogen and oxygen atoms in total. The van der Waals surface area contributed by atoms with Gasteiger partial charge in [0, 0.05) is 6.54 Å². The molecule has 0 bridgehead atoms. The molecule has 1 aromatic rings. The van der Waals surface area contributed by atoms with E-state index in [0.717, 1.165) is 5.56 Å². The van der Waals surface area contributed by atoms with Crippen LogP contribution >= 0.6 is 0 Å². The number of nitrogens with zero attached hydrogens (tertiary/aromatic N) is 1. The molecule has 1 unspecified atom stereocenters. The number of nitrogens with one attached hydrogen (secondary N) is 1. The molecule has 1 atom stereocenters. The van der Waals surface area contributed by atoms with Crippen LogP contribution in [0.15, 0.2) is 24.3 Å². The van der Waals surface area contributed by atoms with Crippen LogP contribution in [0.2, 0.25) is 0 Å². The number of nitriles is 1. The lowest BCUT2D eigenvalue weighted by molar-refractivity contribution is -0.144. The Hall–Kier alpha value is -2.06. The first-order valence-electron chi connectivity index (χ1n) is 6.48. The molecule has 0 fully saturated rings. The van der Waals surface area contributed by atoms with Gasteiger partial charge in [-0.2, -0.15) is 5.26 Å². The van der Waals surface area contributed by atoms with Gasteiger partial charge in [-0.3, -0.25) is 4.79 Å². The van der Waals surface area contributed by atoms with Crippen molar-refractivity contribution in [3.63, 3.8) is 0 Å². The molecule has 0 aliphatic carbocycles. The molecule has 20 heavy (non-hydrogen) atoms. The molecule has 1 aromatic carbocycles. The molecule has 0 radical (unpaired) electrons. The minimum absolute atomic E-state index is 0.0215. The Balaban J connectivity index is 2.64. The van der Waals surface area contributed by atoms with Gasteiger partial charge in [-0.25, -0.2) is 0 Å². The van der Waals surface area contributed by atoms with E-state index in [1.807, 2.05) is 38.1 Å². The first-order valence-corrected chi connectivity index (χ1v) is 6.48. The lowest BCUT2D eigenvalue weighted by Crippen LogP contribution is -2.41. The number of carbonyl (C=O) groups is 1. The van der Waals surface area contributed by atoms with E-state index in [0.29, 0.717) is 12.3 Å². The predicted molar refractivity (Wildman–Crippen MR) is 75.0 cm³/mol.